The Morgan fingerprint density at radius 1 is 1.40 bits per heavy atom. The molecule has 0 spiro atoms. The minimum atomic E-state index is -1.75. The fourth-order valence-electron chi connectivity index (χ4n) is 0. The molecule has 6 nitrogen and oxygen atoms in total. The Balaban J connectivity index is -0.0000000300. The van der Waals surface area contributed by atoms with Gasteiger partial charge in [-0.3, -0.25) is 0 Å². The van der Waals surface area contributed by atoms with Gasteiger partial charge in [0.15, 0.2) is 0 Å². The van der Waals surface area contributed by atoms with E-state index in [9.17, 15) is 0 Å². The molecule has 0 saturated carbocycles. The number of carbonyl (C=O) groups is 1. The monoisotopic (exact) mass is 184 g/mol. The maximum atomic E-state index is 8.89. The van der Waals surface area contributed by atoms with Crippen LogP contribution >= 0.6 is 0 Å². The number of hydrogen-bond acceptors (Lipinski definition) is 5. The summed E-state index contributed by atoms with van der Waals surface area (Å²) in [5.74, 6) is -1.08. The smallest absolute Gasteiger partial charge is 0.550 e. The molecule has 0 saturated heterocycles. The number of rotatable bonds is 0. The summed E-state index contributed by atoms with van der Waals surface area (Å²) in [5, 5.41) is 23.6. The van der Waals surface area contributed by atoms with Gasteiger partial charge in [0.2, 0.25) is 0 Å². The normalized spacial score (nSPS) is 4.90. The molecular weight excluding hydrogens is 181 g/mol. The number of carbonyl (C=O) groups excluding carboxylic acids is 1. The minimum absolute atomic E-state index is 0. The van der Waals surface area contributed by atoms with Crippen LogP contribution in [-0.4, -0.2) is 34.1 Å². The van der Waals surface area contributed by atoms with Crippen molar-refractivity contribution in [3.63, 3.8) is 0 Å². The topological polar surface area (TPSA) is 106 Å². The number of carboxylic acids is 1. The summed E-state index contributed by atoms with van der Waals surface area (Å²) in [6.45, 7) is 0.972. The molecule has 0 aromatic heterocycles. The first kappa shape index (κ1) is 22.5. The summed E-state index contributed by atoms with van der Waals surface area (Å²) in [4.78, 5) is 17.1. The summed E-state index contributed by atoms with van der Waals surface area (Å²) in [7, 11) is 0. The first-order valence-electron chi connectivity index (χ1n) is 1.46. The number of carboxylic acid groups (broad SMARTS) is 1. The average molecular weight is 184 g/mol. The van der Waals surface area contributed by atoms with Crippen LogP contribution in [0.25, 0.3) is 0 Å². The zero-order valence-electron chi connectivity index (χ0n) is 5.70. The van der Waals surface area contributed by atoms with E-state index in [0.717, 1.165) is 6.92 Å². The molecule has 0 aliphatic rings. The SMILES string of the molecule is CC(=O)[O-].O=[N+]([O-])[O-].[K+].[Mg+2]. The summed E-state index contributed by atoms with van der Waals surface area (Å²) in [6.07, 6.45) is 0. The second kappa shape index (κ2) is 16.6. The second-order valence-electron chi connectivity index (χ2n) is 0.715. The maximum Gasteiger partial charge on any atom is 2.00 e. The van der Waals surface area contributed by atoms with Gasteiger partial charge in [-0.05, 0) is 6.92 Å². The van der Waals surface area contributed by atoms with Crippen molar-refractivity contribution in [2.24, 2.45) is 0 Å². The van der Waals surface area contributed by atoms with Crippen molar-refractivity contribution in [3.8, 4) is 0 Å². The molecular formula is C2H3KMgNO5+. The molecule has 0 aliphatic heterocycles. The van der Waals surface area contributed by atoms with E-state index in [-0.39, 0.29) is 74.4 Å². The Morgan fingerprint density at radius 2 is 1.40 bits per heavy atom. The summed E-state index contributed by atoms with van der Waals surface area (Å²) in [6, 6.07) is 0. The molecule has 48 valence electrons. The van der Waals surface area contributed by atoms with Gasteiger partial charge in [0.25, 0.3) is 0 Å². The predicted molar refractivity (Wildman–Crippen MR) is 26.8 cm³/mol. The van der Waals surface area contributed by atoms with Crippen molar-refractivity contribution in [2.45, 2.75) is 6.92 Å². The second-order valence-corrected chi connectivity index (χ2v) is 0.715. The van der Waals surface area contributed by atoms with Gasteiger partial charge in [0.1, 0.15) is 0 Å². The van der Waals surface area contributed by atoms with E-state index >= 15 is 0 Å². The quantitative estimate of drug-likeness (QED) is 0.213. The van der Waals surface area contributed by atoms with Crippen LogP contribution in [0.3, 0.4) is 0 Å². The van der Waals surface area contributed by atoms with Crippen LogP contribution in [0.1, 0.15) is 6.92 Å². The standard InChI is InChI=1S/C2H4O2.K.Mg.NO3/c1-2(3)4;;;2-1(3)4/h1H3,(H,3,4);;;/q;+1;+2;-1/p-1. The van der Waals surface area contributed by atoms with Gasteiger partial charge >= 0.3 is 74.4 Å². The van der Waals surface area contributed by atoms with E-state index in [1.165, 1.54) is 0 Å². The fourth-order valence-corrected chi connectivity index (χ4v) is 0. The van der Waals surface area contributed by atoms with Crippen molar-refractivity contribution in [2.75, 3.05) is 0 Å². The molecule has 0 heterocycles. The fraction of sp³-hybridized carbons (Fsp3) is 0.500. The predicted octanol–water partition coefficient (Wildman–Crippen LogP) is -4.86. The van der Waals surface area contributed by atoms with Crippen molar-refractivity contribution < 1.29 is 66.4 Å². The Morgan fingerprint density at radius 3 is 1.40 bits per heavy atom. The van der Waals surface area contributed by atoms with Gasteiger partial charge < -0.3 is 25.2 Å². The number of hydrogen-bond donors (Lipinski definition) is 0. The van der Waals surface area contributed by atoms with Crippen molar-refractivity contribution in [3.05, 3.63) is 15.3 Å². The third kappa shape index (κ3) is 514. The summed E-state index contributed by atoms with van der Waals surface area (Å²) >= 11 is 0. The molecule has 0 aliphatic carbocycles. The van der Waals surface area contributed by atoms with Crippen molar-refractivity contribution in [1.29, 1.82) is 0 Å². The first-order valence-corrected chi connectivity index (χ1v) is 1.46. The third-order valence-electron chi connectivity index (χ3n) is 0. The molecule has 10 heavy (non-hydrogen) atoms. The molecule has 0 unspecified atom stereocenters. The van der Waals surface area contributed by atoms with Gasteiger partial charge in [0.05, 0.1) is 5.09 Å². The van der Waals surface area contributed by atoms with E-state index in [4.69, 9.17) is 25.2 Å². The van der Waals surface area contributed by atoms with Crippen LogP contribution in [0.4, 0.5) is 0 Å². The van der Waals surface area contributed by atoms with E-state index in [1.54, 1.807) is 0 Å². The van der Waals surface area contributed by atoms with Crippen LogP contribution in [-0.2, 0) is 4.79 Å². The Bertz CT molecular complexity index is 77.6. The van der Waals surface area contributed by atoms with Gasteiger partial charge in [-0.15, -0.1) is 0 Å². The van der Waals surface area contributed by atoms with Crippen LogP contribution in [0.15, 0.2) is 0 Å². The maximum absolute atomic E-state index is 8.89. The molecule has 0 atom stereocenters. The molecule has 0 aromatic carbocycles. The molecule has 0 bridgehead atoms. The molecule has 0 aromatic rings. The molecule has 0 fully saturated rings. The van der Waals surface area contributed by atoms with Crippen LogP contribution in [0.5, 0.6) is 0 Å². The van der Waals surface area contributed by atoms with Crippen LogP contribution in [0.2, 0.25) is 0 Å². The van der Waals surface area contributed by atoms with Crippen molar-refractivity contribution >= 4 is 29.0 Å². The molecule has 0 N–H and O–H groups in total. The summed E-state index contributed by atoms with van der Waals surface area (Å²) < 4.78 is 0. The van der Waals surface area contributed by atoms with Gasteiger partial charge in [0, 0.05) is 5.97 Å². The molecule has 0 amide bonds. The van der Waals surface area contributed by atoms with Gasteiger partial charge in [-0.25, -0.2) is 0 Å². The van der Waals surface area contributed by atoms with E-state index < -0.39 is 11.1 Å². The Kier molecular flexibility index (Phi) is 37.2. The van der Waals surface area contributed by atoms with Crippen LogP contribution < -0.4 is 56.5 Å². The molecule has 0 rings (SSSR count). The van der Waals surface area contributed by atoms with Crippen LogP contribution in [0, 0.1) is 15.3 Å². The van der Waals surface area contributed by atoms with Crippen molar-refractivity contribution in [1.82, 2.24) is 0 Å². The Labute approximate surface area is 116 Å². The van der Waals surface area contributed by atoms with Gasteiger partial charge in [-0.1, -0.05) is 0 Å². The third-order valence-corrected chi connectivity index (χ3v) is 0. The Hall–Kier alpha value is 1.07. The summed E-state index contributed by atoms with van der Waals surface area (Å²) in [5.41, 5.74) is 0. The number of nitrogens with zero attached hydrogens (tertiary/aromatic N) is 1. The molecule has 0 radical (unpaired) electrons. The van der Waals surface area contributed by atoms with E-state index in [0.29, 0.717) is 0 Å². The zero-order valence-corrected chi connectivity index (χ0v) is 10.2. The zero-order chi connectivity index (χ0) is 7.15. The van der Waals surface area contributed by atoms with E-state index in [1.807, 2.05) is 0 Å². The van der Waals surface area contributed by atoms with Gasteiger partial charge in [-0.2, -0.15) is 0 Å². The molecule has 8 heteroatoms. The first-order chi connectivity index (χ1) is 3.46. The average Bonchev–Trinajstić information content (AvgIpc) is 1.25. The number of aliphatic carboxylic acids is 1. The van der Waals surface area contributed by atoms with E-state index in [2.05, 4.69) is 0 Å². The minimum Gasteiger partial charge on any atom is -0.550 e. The largest absolute Gasteiger partial charge is 2.00 e.